The van der Waals surface area contributed by atoms with Gasteiger partial charge in [-0.3, -0.25) is 4.79 Å². The summed E-state index contributed by atoms with van der Waals surface area (Å²) in [4.78, 5) is 12.3. The van der Waals surface area contributed by atoms with E-state index in [1.165, 1.54) is 6.42 Å². The van der Waals surface area contributed by atoms with Crippen molar-refractivity contribution in [3.8, 4) is 6.07 Å². The van der Waals surface area contributed by atoms with E-state index in [4.69, 9.17) is 0 Å². The van der Waals surface area contributed by atoms with Crippen LogP contribution in [0.1, 0.15) is 48.0 Å². The fourth-order valence-corrected chi connectivity index (χ4v) is 3.17. The van der Waals surface area contributed by atoms with Gasteiger partial charge in [-0.25, -0.2) is 4.68 Å². The zero-order chi connectivity index (χ0) is 16.8. The zero-order valence-electron chi connectivity index (χ0n) is 13.6. The summed E-state index contributed by atoms with van der Waals surface area (Å²) in [6, 6.07) is 9.87. The summed E-state index contributed by atoms with van der Waals surface area (Å²) < 4.78 is 1.73. The lowest BCUT2D eigenvalue weighted by Crippen LogP contribution is -2.38. The Morgan fingerprint density at radius 2 is 2.00 bits per heavy atom. The maximum Gasteiger partial charge on any atom is 0.251 e. The van der Waals surface area contributed by atoms with Crippen molar-refractivity contribution >= 4 is 5.91 Å². The van der Waals surface area contributed by atoms with Crippen LogP contribution in [0.15, 0.2) is 36.7 Å². The average molecular weight is 323 g/mol. The number of carbonyl (C=O) groups is 1. The third-order valence-electron chi connectivity index (χ3n) is 4.67. The Morgan fingerprint density at radius 1 is 1.25 bits per heavy atom. The molecule has 1 aromatic heterocycles. The number of hydrogen-bond acceptors (Lipinski definition) is 4. The van der Waals surface area contributed by atoms with Gasteiger partial charge in [-0.2, -0.15) is 5.26 Å². The molecule has 0 bridgehead atoms. The number of nitriles is 1. The number of rotatable bonds is 5. The van der Waals surface area contributed by atoms with Gasteiger partial charge in [0.2, 0.25) is 0 Å². The third-order valence-corrected chi connectivity index (χ3v) is 4.67. The standard InChI is InChI=1S/C18H21N5O/c19-13-18(8-2-1-3-9-18)14-20-17(24)16-6-4-15(5-7-16)12-23-11-10-21-22-23/h4-7,10-11H,1-3,8-9,12,14H2,(H,20,24). The van der Waals surface area contributed by atoms with Gasteiger partial charge >= 0.3 is 0 Å². The summed E-state index contributed by atoms with van der Waals surface area (Å²) >= 11 is 0. The first-order valence-electron chi connectivity index (χ1n) is 8.33. The topological polar surface area (TPSA) is 83.6 Å². The molecule has 1 amide bonds. The molecule has 0 aliphatic heterocycles. The highest BCUT2D eigenvalue weighted by molar-refractivity contribution is 5.94. The lowest BCUT2D eigenvalue weighted by atomic mass is 9.75. The van der Waals surface area contributed by atoms with Crippen LogP contribution in [0.25, 0.3) is 0 Å². The zero-order valence-corrected chi connectivity index (χ0v) is 13.6. The highest BCUT2D eigenvalue weighted by Gasteiger charge is 2.32. The molecule has 0 unspecified atom stereocenters. The van der Waals surface area contributed by atoms with E-state index in [1.807, 2.05) is 24.3 Å². The van der Waals surface area contributed by atoms with Gasteiger partial charge in [0, 0.05) is 18.3 Å². The van der Waals surface area contributed by atoms with Crippen molar-refractivity contribution in [2.75, 3.05) is 6.54 Å². The van der Waals surface area contributed by atoms with Crippen LogP contribution < -0.4 is 5.32 Å². The monoisotopic (exact) mass is 323 g/mol. The van der Waals surface area contributed by atoms with Crippen LogP contribution in [0.3, 0.4) is 0 Å². The molecule has 6 nitrogen and oxygen atoms in total. The minimum Gasteiger partial charge on any atom is -0.350 e. The second-order valence-electron chi connectivity index (χ2n) is 6.43. The number of amides is 1. The summed E-state index contributed by atoms with van der Waals surface area (Å²) in [5.41, 5.74) is 1.28. The molecule has 124 valence electrons. The van der Waals surface area contributed by atoms with Crippen LogP contribution in [-0.2, 0) is 6.54 Å². The highest BCUT2D eigenvalue weighted by Crippen LogP contribution is 2.34. The Balaban J connectivity index is 1.58. The molecule has 0 saturated heterocycles. The molecule has 24 heavy (non-hydrogen) atoms. The molecule has 1 aliphatic carbocycles. The summed E-state index contributed by atoms with van der Waals surface area (Å²) in [5.74, 6) is -0.123. The van der Waals surface area contributed by atoms with Gasteiger partial charge in [0.15, 0.2) is 0 Å². The first-order chi connectivity index (χ1) is 11.7. The van der Waals surface area contributed by atoms with Crippen molar-refractivity contribution < 1.29 is 4.79 Å². The van der Waals surface area contributed by atoms with Crippen LogP contribution in [-0.4, -0.2) is 27.4 Å². The Morgan fingerprint density at radius 3 is 2.62 bits per heavy atom. The van der Waals surface area contributed by atoms with Crippen LogP contribution in [0.5, 0.6) is 0 Å². The van der Waals surface area contributed by atoms with Crippen molar-refractivity contribution in [1.82, 2.24) is 20.3 Å². The SMILES string of the molecule is N#CC1(CNC(=O)c2ccc(Cn3ccnn3)cc2)CCCCC1. The largest absolute Gasteiger partial charge is 0.350 e. The number of nitrogens with one attached hydrogen (secondary N) is 1. The van der Waals surface area contributed by atoms with E-state index in [9.17, 15) is 10.1 Å². The van der Waals surface area contributed by atoms with E-state index in [2.05, 4.69) is 21.7 Å². The van der Waals surface area contributed by atoms with Gasteiger partial charge in [-0.05, 0) is 30.5 Å². The Kier molecular flexibility index (Phi) is 4.90. The molecule has 1 fully saturated rings. The molecule has 3 rings (SSSR count). The quantitative estimate of drug-likeness (QED) is 0.916. The predicted octanol–water partition coefficient (Wildman–Crippen LogP) is 2.53. The molecule has 0 atom stereocenters. The fraction of sp³-hybridized carbons (Fsp3) is 0.444. The lowest BCUT2D eigenvalue weighted by Gasteiger charge is -2.30. The Hall–Kier alpha value is -2.68. The summed E-state index contributed by atoms with van der Waals surface area (Å²) in [5, 5.41) is 20.1. The smallest absolute Gasteiger partial charge is 0.251 e. The number of aromatic nitrogens is 3. The van der Waals surface area contributed by atoms with Gasteiger partial charge in [0.25, 0.3) is 5.91 Å². The van der Waals surface area contributed by atoms with Gasteiger partial charge < -0.3 is 5.32 Å². The molecule has 2 aromatic rings. The fourth-order valence-electron chi connectivity index (χ4n) is 3.17. The van der Waals surface area contributed by atoms with Gasteiger partial charge in [-0.15, -0.1) is 5.10 Å². The number of benzene rings is 1. The van der Waals surface area contributed by atoms with Crippen molar-refractivity contribution in [3.63, 3.8) is 0 Å². The van der Waals surface area contributed by atoms with Crippen LogP contribution in [0.2, 0.25) is 0 Å². The van der Waals surface area contributed by atoms with Crippen LogP contribution in [0, 0.1) is 16.7 Å². The second kappa shape index (κ2) is 7.26. The van der Waals surface area contributed by atoms with Crippen LogP contribution >= 0.6 is 0 Å². The molecular weight excluding hydrogens is 302 g/mol. The maximum atomic E-state index is 12.3. The predicted molar refractivity (Wildman–Crippen MR) is 89.0 cm³/mol. The number of nitrogens with zero attached hydrogens (tertiary/aromatic N) is 4. The molecule has 1 heterocycles. The van der Waals surface area contributed by atoms with Gasteiger partial charge in [-0.1, -0.05) is 36.6 Å². The summed E-state index contributed by atoms with van der Waals surface area (Å²) in [6.07, 6.45) is 8.51. The average Bonchev–Trinajstić information content (AvgIpc) is 3.14. The molecule has 0 spiro atoms. The molecule has 1 aliphatic rings. The van der Waals surface area contributed by atoms with Crippen molar-refractivity contribution in [2.45, 2.75) is 38.6 Å². The number of hydrogen-bond donors (Lipinski definition) is 1. The van der Waals surface area contributed by atoms with Crippen molar-refractivity contribution in [2.24, 2.45) is 5.41 Å². The van der Waals surface area contributed by atoms with Gasteiger partial charge in [0.1, 0.15) is 0 Å². The van der Waals surface area contributed by atoms with E-state index in [0.717, 1.165) is 31.2 Å². The highest BCUT2D eigenvalue weighted by atomic mass is 16.1. The third kappa shape index (κ3) is 3.80. The first-order valence-corrected chi connectivity index (χ1v) is 8.33. The van der Waals surface area contributed by atoms with E-state index < -0.39 is 0 Å². The van der Waals surface area contributed by atoms with E-state index in [1.54, 1.807) is 17.1 Å². The van der Waals surface area contributed by atoms with E-state index >= 15 is 0 Å². The molecular formula is C18H21N5O. The van der Waals surface area contributed by atoms with Crippen molar-refractivity contribution in [1.29, 1.82) is 5.26 Å². The van der Waals surface area contributed by atoms with Crippen LogP contribution in [0.4, 0.5) is 0 Å². The van der Waals surface area contributed by atoms with E-state index in [0.29, 0.717) is 18.7 Å². The normalized spacial score (nSPS) is 16.3. The molecule has 1 saturated carbocycles. The maximum absolute atomic E-state index is 12.3. The molecule has 1 aromatic carbocycles. The molecule has 6 heteroatoms. The lowest BCUT2D eigenvalue weighted by molar-refractivity contribution is 0.0932. The summed E-state index contributed by atoms with van der Waals surface area (Å²) in [7, 11) is 0. The minimum atomic E-state index is -0.388. The Labute approximate surface area is 141 Å². The Bertz CT molecular complexity index is 709. The molecule has 0 radical (unpaired) electrons. The second-order valence-corrected chi connectivity index (χ2v) is 6.43. The minimum absolute atomic E-state index is 0.123. The summed E-state index contributed by atoms with van der Waals surface area (Å²) in [6.45, 7) is 1.06. The van der Waals surface area contributed by atoms with Crippen molar-refractivity contribution in [3.05, 3.63) is 47.8 Å². The van der Waals surface area contributed by atoms with Gasteiger partial charge in [0.05, 0.1) is 24.2 Å². The number of carbonyl (C=O) groups excluding carboxylic acids is 1. The van der Waals surface area contributed by atoms with E-state index in [-0.39, 0.29) is 11.3 Å². The molecule has 1 N–H and O–H groups in total. The first kappa shape index (κ1) is 16.2.